The fraction of sp³-hybridized carbons (Fsp3) is 0.333. The van der Waals surface area contributed by atoms with Crippen LogP contribution in [0, 0.1) is 12.7 Å². The molecule has 5 heteroatoms. The van der Waals surface area contributed by atoms with Crippen molar-refractivity contribution in [3.05, 3.63) is 41.5 Å². The molecule has 1 N–H and O–H groups in total. The Labute approximate surface area is 118 Å². The van der Waals surface area contributed by atoms with E-state index in [1.807, 2.05) is 20.8 Å². The lowest BCUT2D eigenvalue weighted by Crippen LogP contribution is -2.06. The number of aromatic nitrogens is 2. The number of nitrogens with one attached hydrogen (secondary N) is 1. The zero-order chi connectivity index (χ0) is 14.7. The Hall–Kier alpha value is -2.17. The highest BCUT2D eigenvalue weighted by atomic mass is 19.1. The number of anilines is 1. The summed E-state index contributed by atoms with van der Waals surface area (Å²) < 4.78 is 19.3. The van der Waals surface area contributed by atoms with E-state index in [0.717, 1.165) is 5.56 Å². The van der Waals surface area contributed by atoms with Gasteiger partial charge in [-0.05, 0) is 19.1 Å². The first kappa shape index (κ1) is 14.2. The van der Waals surface area contributed by atoms with Gasteiger partial charge in [-0.2, -0.15) is 4.98 Å². The average Bonchev–Trinajstić information content (AvgIpc) is 2.43. The molecule has 2 aromatic rings. The van der Waals surface area contributed by atoms with E-state index in [9.17, 15) is 4.39 Å². The molecule has 4 nitrogen and oxygen atoms in total. The van der Waals surface area contributed by atoms with Crippen LogP contribution >= 0.6 is 0 Å². The van der Waals surface area contributed by atoms with Gasteiger partial charge in [0.1, 0.15) is 11.6 Å². The number of hydrogen-bond donors (Lipinski definition) is 1. The van der Waals surface area contributed by atoms with Crippen LogP contribution in [-0.4, -0.2) is 17.0 Å². The zero-order valence-electron chi connectivity index (χ0n) is 12.1. The van der Waals surface area contributed by atoms with E-state index in [1.165, 1.54) is 6.07 Å². The van der Waals surface area contributed by atoms with Crippen molar-refractivity contribution in [2.75, 3.05) is 12.4 Å². The maximum absolute atomic E-state index is 13.7. The molecule has 0 saturated heterocycles. The van der Waals surface area contributed by atoms with Crippen LogP contribution in [0.2, 0.25) is 0 Å². The lowest BCUT2D eigenvalue weighted by molar-refractivity contribution is 0.420. The Morgan fingerprint density at radius 1 is 1.20 bits per heavy atom. The summed E-state index contributed by atoms with van der Waals surface area (Å²) in [5, 5.41) is 3.01. The van der Waals surface area contributed by atoms with Crippen LogP contribution in [0.1, 0.15) is 31.2 Å². The van der Waals surface area contributed by atoms with E-state index in [1.54, 1.807) is 25.2 Å². The molecule has 0 amide bonds. The predicted octanol–water partition coefficient (Wildman–Crippen LogP) is 3.88. The molecule has 0 fully saturated rings. The van der Waals surface area contributed by atoms with Gasteiger partial charge in [-0.25, -0.2) is 9.37 Å². The number of ether oxygens (including phenoxy) is 1. The van der Waals surface area contributed by atoms with Crippen LogP contribution in [0.4, 0.5) is 10.2 Å². The van der Waals surface area contributed by atoms with Gasteiger partial charge < -0.3 is 10.1 Å². The molecule has 20 heavy (non-hydrogen) atoms. The van der Waals surface area contributed by atoms with Crippen molar-refractivity contribution >= 4 is 5.82 Å². The van der Waals surface area contributed by atoms with E-state index in [0.29, 0.717) is 17.5 Å². The van der Waals surface area contributed by atoms with Crippen LogP contribution in [0.25, 0.3) is 0 Å². The summed E-state index contributed by atoms with van der Waals surface area (Å²) in [4.78, 5) is 8.80. The van der Waals surface area contributed by atoms with Gasteiger partial charge in [0.25, 0.3) is 0 Å². The first-order chi connectivity index (χ1) is 9.52. The Kier molecular flexibility index (Phi) is 4.17. The highest BCUT2D eigenvalue weighted by Gasteiger charge is 2.15. The number of nitrogens with zero attached hydrogens (tertiary/aromatic N) is 2. The van der Waals surface area contributed by atoms with E-state index < -0.39 is 5.82 Å². The summed E-state index contributed by atoms with van der Waals surface area (Å²) >= 11 is 0. The Morgan fingerprint density at radius 3 is 2.50 bits per heavy atom. The van der Waals surface area contributed by atoms with E-state index in [-0.39, 0.29) is 11.7 Å². The lowest BCUT2D eigenvalue weighted by atomic mass is 10.2. The second-order valence-corrected chi connectivity index (χ2v) is 4.80. The van der Waals surface area contributed by atoms with Crippen LogP contribution in [-0.2, 0) is 0 Å². The van der Waals surface area contributed by atoms with Gasteiger partial charge in [0, 0.05) is 13.0 Å². The highest BCUT2D eigenvalue weighted by Crippen LogP contribution is 2.29. The summed E-state index contributed by atoms with van der Waals surface area (Å²) in [6.45, 7) is 5.83. The molecule has 1 aromatic heterocycles. The monoisotopic (exact) mass is 275 g/mol. The molecule has 0 atom stereocenters. The molecule has 1 aromatic carbocycles. The summed E-state index contributed by atoms with van der Waals surface area (Å²) in [7, 11) is 1.78. The third-order valence-corrected chi connectivity index (χ3v) is 2.91. The first-order valence-corrected chi connectivity index (χ1v) is 6.51. The molecule has 0 radical (unpaired) electrons. The van der Waals surface area contributed by atoms with Gasteiger partial charge in [-0.15, -0.1) is 0 Å². The maximum Gasteiger partial charge on any atom is 0.227 e. The third-order valence-electron chi connectivity index (χ3n) is 2.91. The molecule has 106 valence electrons. The second-order valence-electron chi connectivity index (χ2n) is 4.80. The van der Waals surface area contributed by atoms with Crippen LogP contribution in [0.15, 0.2) is 24.3 Å². The minimum absolute atomic E-state index is 0.158. The molecule has 0 saturated carbocycles. The van der Waals surface area contributed by atoms with Crippen molar-refractivity contribution in [1.29, 1.82) is 0 Å². The molecular formula is C15H18FN3O. The van der Waals surface area contributed by atoms with Gasteiger partial charge in [0.05, 0.1) is 5.56 Å². The van der Waals surface area contributed by atoms with Crippen molar-refractivity contribution in [2.24, 2.45) is 0 Å². The van der Waals surface area contributed by atoms with Gasteiger partial charge >= 0.3 is 0 Å². The van der Waals surface area contributed by atoms with Crippen molar-refractivity contribution in [3.63, 3.8) is 0 Å². The van der Waals surface area contributed by atoms with Crippen LogP contribution in [0.3, 0.4) is 0 Å². The number of para-hydroxylation sites is 1. The van der Waals surface area contributed by atoms with Gasteiger partial charge in [0.15, 0.2) is 11.6 Å². The van der Waals surface area contributed by atoms with Gasteiger partial charge in [0.2, 0.25) is 5.88 Å². The maximum atomic E-state index is 13.7. The van der Waals surface area contributed by atoms with E-state index in [2.05, 4.69) is 15.3 Å². The summed E-state index contributed by atoms with van der Waals surface area (Å²) in [5.74, 6) is 1.62. The predicted molar refractivity (Wildman–Crippen MR) is 76.9 cm³/mol. The molecule has 0 unspecified atom stereocenters. The van der Waals surface area contributed by atoms with Crippen molar-refractivity contribution < 1.29 is 9.13 Å². The summed E-state index contributed by atoms with van der Waals surface area (Å²) in [6, 6.07) is 6.27. The summed E-state index contributed by atoms with van der Waals surface area (Å²) in [5.41, 5.74) is 0.750. The number of hydrogen-bond acceptors (Lipinski definition) is 4. The Bertz CT molecular complexity index is 614. The fourth-order valence-electron chi connectivity index (χ4n) is 1.75. The molecule has 0 bridgehead atoms. The Balaban J connectivity index is 2.45. The third kappa shape index (κ3) is 2.87. The number of rotatable bonds is 4. The van der Waals surface area contributed by atoms with Gasteiger partial charge in [-0.3, -0.25) is 0 Å². The molecule has 2 rings (SSSR count). The minimum atomic E-state index is -0.414. The zero-order valence-corrected chi connectivity index (χ0v) is 12.1. The quantitative estimate of drug-likeness (QED) is 0.919. The largest absolute Gasteiger partial charge is 0.435 e. The smallest absolute Gasteiger partial charge is 0.227 e. The molecule has 0 aliphatic carbocycles. The normalized spacial score (nSPS) is 10.7. The first-order valence-electron chi connectivity index (χ1n) is 6.51. The van der Waals surface area contributed by atoms with Crippen molar-refractivity contribution in [2.45, 2.75) is 26.7 Å². The van der Waals surface area contributed by atoms with Gasteiger partial charge in [-0.1, -0.05) is 26.0 Å². The molecule has 0 aliphatic heterocycles. The summed E-state index contributed by atoms with van der Waals surface area (Å²) in [6.07, 6.45) is 0. The molecule has 0 spiro atoms. The Morgan fingerprint density at radius 2 is 1.90 bits per heavy atom. The SMILES string of the molecule is CNc1nc(C(C)C)nc(Oc2ccccc2F)c1C. The minimum Gasteiger partial charge on any atom is -0.435 e. The van der Waals surface area contributed by atoms with Crippen molar-refractivity contribution in [1.82, 2.24) is 9.97 Å². The lowest BCUT2D eigenvalue weighted by Gasteiger charge is -2.14. The number of halogens is 1. The van der Waals surface area contributed by atoms with Crippen molar-refractivity contribution in [3.8, 4) is 11.6 Å². The van der Waals surface area contributed by atoms with Crippen LogP contribution in [0.5, 0.6) is 11.6 Å². The van der Waals surface area contributed by atoms with E-state index >= 15 is 0 Å². The average molecular weight is 275 g/mol. The van der Waals surface area contributed by atoms with Crippen LogP contribution < -0.4 is 10.1 Å². The molecule has 1 heterocycles. The molecular weight excluding hydrogens is 257 g/mol. The van der Waals surface area contributed by atoms with E-state index in [4.69, 9.17) is 4.74 Å². The fourth-order valence-corrected chi connectivity index (χ4v) is 1.75. The number of benzene rings is 1. The topological polar surface area (TPSA) is 47.0 Å². The standard InChI is InChI=1S/C15H18FN3O/c1-9(2)13-18-14(17-4)10(3)15(19-13)20-12-8-6-5-7-11(12)16/h5-9H,1-4H3,(H,17,18,19). The molecule has 0 aliphatic rings. The highest BCUT2D eigenvalue weighted by molar-refractivity contribution is 5.49. The second kappa shape index (κ2) is 5.86.